The van der Waals surface area contributed by atoms with E-state index in [-0.39, 0.29) is 11.8 Å². The van der Waals surface area contributed by atoms with Gasteiger partial charge in [0, 0.05) is 18.0 Å². The molecule has 1 saturated heterocycles. The minimum absolute atomic E-state index is 0.0920. The summed E-state index contributed by atoms with van der Waals surface area (Å²) in [6.07, 6.45) is -2.01. The smallest absolute Gasteiger partial charge is 0.314 e. The number of hydrogen-bond acceptors (Lipinski definition) is 2. The maximum absolute atomic E-state index is 12.5. The number of Topliss-reactive ketones (excluding diaryl/α,β-unsaturated/α-hetero) is 1. The summed E-state index contributed by atoms with van der Waals surface area (Å²) >= 11 is 0. The highest BCUT2D eigenvalue weighted by molar-refractivity contribution is 5.97. The first-order chi connectivity index (χ1) is 8.88. The molecule has 0 amide bonds. The van der Waals surface area contributed by atoms with Crippen molar-refractivity contribution in [1.82, 2.24) is 5.32 Å². The number of halogens is 3. The Balaban J connectivity index is 2.14. The summed E-state index contributed by atoms with van der Waals surface area (Å²) in [6.45, 7) is 2.45. The van der Waals surface area contributed by atoms with E-state index in [1.807, 2.05) is 0 Å². The van der Waals surface area contributed by atoms with Crippen LogP contribution in [-0.4, -0.2) is 18.4 Å². The van der Waals surface area contributed by atoms with Crippen LogP contribution < -0.4 is 5.32 Å². The van der Waals surface area contributed by atoms with Gasteiger partial charge in [0.05, 0.1) is 5.56 Å². The molecule has 19 heavy (non-hydrogen) atoms. The fraction of sp³-hybridized carbons (Fsp3) is 0.500. The maximum atomic E-state index is 12.5. The first-order valence-corrected chi connectivity index (χ1v) is 6.32. The van der Waals surface area contributed by atoms with E-state index in [1.165, 1.54) is 6.07 Å². The third-order valence-electron chi connectivity index (χ3n) is 3.45. The van der Waals surface area contributed by atoms with Gasteiger partial charge >= 0.3 is 6.18 Å². The average molecular weight is 271 g/mol. The van der Waals surface area contributed by atoms with Crippen LogP contribution in [0.15, 0.2) is 18.2 Å². The van der Waals surface area contributed by atoms with Crippen LogP contribution in [0.3, 0.4) is 0 Å². The Kier molecular flexibility index (Phi) is 3.94. The van der Waals surface area contributed by atoms with Crippen molar-refractivity contribution in [3.8, 4) is 0 Å². The fourth-order valence-corrected chi connectivity index (χ4v) is 2.42. The summed E-state index contributed by atoms with van der Waals surface area (Å²) in [4.78, 5) is 12.1. The van der Waals surface area contributed by atoms with Crippen LogP contribution in [0.2, 0.25) is 0 Å². The lowest BCUT2D eigenvalue weighted by atomic mass is 9.97. The third kappa shape index (κ3) is 3.35. The molecule has 1 atom stereocenters. The van der Waals surface area contributed by atoms with Crippen molar-refractivity contribution in [2.45, 2.75) is 38.4 Å². The van der Waals surface area contributed by atoms with Gasteiger partial charge in [-0.2, -0.15) is 13.2 Å². The number of ketones is 1. The average Bonchev–Trinajstić information content (AvgIpc) is 2.80. The largest absolute Gasteiger partial charge is 0.416 e. The topological polar surface area (TPSA) is 29.1 Å². The van der Waals surface area contributed by atoms with Crippen LogP contribution in [0.5, 0.6) is 0 Å². The van der Waals surface area contributed by atoms with Crippen LogP contribution in [0.4, 0.5) is 13.2 Å². The highest BCUT2D eigenvalue weighted by Gasteiger charge is 2.31. The molecule has 1 aliphatic heterocycles. The summed E-state index contributed by atoms with van der Waals surface area (Å²) in [7, 11) is 0. The summed E-state index contributed by atoms with van der Waals surface area (Å²) in [5, 5.41) is 3.21. The maximum Gasteiger partial charge on any atom is 0.416 e. The second-order valence-corrected chi connectivity index (χ2v) is 4.95. The van der Waals surface area contributed by atoms with Crippen LogP contribution in [0.1, 0.15) is 40.7 Å². The van der Waals surface area contributed by atoms with Crippen molar-refractivity contribution >= 4 is 5.78 Å². The molecule has 0 aromatic heterocycles. The minimum Gasteiger partial charge on any atom is -0.314 e. The molecule has 0 bridgehead atoms. The monoisotopic (exact) mass is 271 g/mol. The van der Waals surface area contributed by atoms with Crippen molar-refractivity contribution in [1.29, 1.82) is 0 Å². The van der Waals surface area contributed by atoms with E-state index < -0.39 is 11.7 Å². The summed E-state index contributed by atoms with van der Waals surface area (Å²) in [5.74, 6) is -0.0920. The van der Waals surface area contributed by atoms with Crippen LogP contribution in [0, 0.1) is 6.92 Å². The molecule has 1 aromatic rings. The first-order valence-electron chi connectivity index (χ1n) is 6.32. The summed E-state index contributed by atoms with van der Waals surface area (Å²) in [6, 6.07) is 3.46. The first kappa shape index (κ1) is 14.1. The van der Waals surface area contributed by atoms with Crippen LogP contribution >= 0.6 is 0 Å². The molecule has 1 aliphatic rings. The molecule has 5 heteroatoms. The van der Waals surface area contributed by atoms with Crippen molar-refractivity contribution in [2.24, 2.45) is 0 Å². The molecule has 104 valence electrons. The number of benzene rings is 1. The molecule has 1 fully saturated rings. The molecule has 0 aliphatic carbocycles. The van der Waals surface area contributed by atoms with E-state index in [0.717, 1.165) is 31.5 Å². The second-order valence-electron chi connectivity index (χ2n) is 4.95. The minimum atomic E-state index is -4.36. The van der Waals surface area contributed by atoms with Gasteiger partial charge in [-0.15, -0.1) is 0 Å². The molecule has 1 N–H and O–H groups in total. The molecule has 2 nitrogen and oxygen atoms in total. The Morgan fingerprint density at radius 3 is 2.68 bits per heavy atom. The highest BCUT2D eigenvalue weighted by atomic mass is 19.4. The van der Waals surface area contributed by atoms with Gasteiger partial charge in [0.1, 0.15) is 0 Å². The molecular weight excluding hydrogens is 255 g/mol. The molecule has 2 rings (SSSR count). The van der Waals surface area contributed by atoms with E-state index in [9.17, 15) is 18.0 Å². The lowest BCUT2D eigenvalue weighted by Crippen LogP contribution is -2.24. The van der Waals surface area contributed by atoms with Crippen molar-refractivity contribution < 1.29 is 18.0 Å². The SMILES string of the molecule is Cc1cc(C(F)(F)F)ccc1C(=O)CC1CCCN1. The zero-order valence-electron chi connectivity index (χ0n) is 10.7. The molecule has 1 aromatic carbocycles. The zero-order chi connectivity index (χ0) is 14.0. The quantitative estimate of drug-likeness (QED) is 0.854. The molecule has 1 unspecified atom stereocenters. The Labute approximate surface area is 110 Å². The molecule has 1 heterocycles. The lowest BCUT2D eigenvalue weighted by molar-refractivity contribution is -0.137. The molecule has 0 radical (unpaired) electrons. The van der Waals surface area contributed by atoms with E-state index in [0.29, 0.717) is 17.5 Å². The van der Waals surface area contributed by atoms with Gasteiger partial charge in [0.2, 0.25) is 0 Å². The van der Waals surface area contributed by atoms with E-state index in [2.05, 4.69) is 5.32 Å². The van der Waals surface area contributed by atoms with E-state index in [4.69, 9.17) is 0 Å². The number of hydrogen-bond donors (Lipinski definition) is 1. The van der Waals surface area contributed by atoms with Crippen LogP contribution in [0.25, 0.3) is 0 Å². The normalized spacial score (nSPS) is 19.7. The number of alkyl halides is 3. The third-order valence-corrected chi connectivity index (χ3v) is 3.45. The Bertz CT molecular complexity index is 476. The van der Waals surface area contributed by atoms with Gasteiger partial charge in [0.15, 0.2) is 5.78 Å². The second kappa shape index (κ2) is 5.33. The predicted octanol–water partition coefficient (Wildman–Crippen LogP) is 3.34. The predicted molar refractivity (Wildman–Crippen MR) is 66.2 cm³/mol. The van der Waals surface area contributed by atoms with Crippen LogP contribution in [-0.2, 0) is 6.18 Å². The zero-order valence-corrected chi connectivity index (χ0v) is 10.7. The van der Waals surface area contributed by atoms with E-state index in [1.54, 1.807) is 6.92 Å². The lowest BCUT2D eigenvalue weighted by Gasteiger charge is -2.12. The summed E-state index contributed by atoms with van der Waals surface area (Å²) < 4.78 is 37.6. The van der Waals surface area contributed by atoms with Gasteiger partial charge < -0.3 is 5.32 Å². The number of carbonyl (C=O) groups excluding carboxylic acids is 1. The Morgan fingerprint density at radius 2 is 2.16 bits per heavy atom. The number of rotatable bonds is 3. The molecular formula is C14H16F3NO. The molecule has 0 saturated carbocycles. The summed E-state index contributed by atoms with van der Waals surface area (Å²) in [5.41, 5.74) is 0.0695. The number of carbonyl (C=O) groups is 1. The van der Waals surface area contributed by atoms with E-state index >= 15 is 0 Å². The van der Waals surface area contributed by atoms with Crippen molar-refractivity contribution in [3.63, 3.8) is 0 Å². The van der Waals surface area contributed by atoms with Crippen molar-refractivity contribution in [2.75, 3.05) is 6.54 Å². The van der Waals surface area contributed by atoms with Gasteiger partial charge in [-0.3, -0.25) is 4.79 Å². The van der Waals surface area contributed by atoms with Gasteiger partial charge in [-0.05, 0) is 44.0 Å². The highest BCUT2D eigenvalue weighted by Crippen LogP contribution is 2.30. The van der Waals surface area contributed by atoms with Gasteiger partial charge in [0.25, 0.3) is 0 Å². The number of nitrogens with one attached hydrogen (secondary N) is 1. The molecule has 0 spiro atoms. The fourth-order valence-electron chi connectivity index (χ4n) is 2.42. The number of aryl methyl sites for hydroxylation is 1. The van der Waals surface area contributed by atoms with Crippen molar-refractivity contribution in [3.05, 3.63) is 34.9 Å². The Hall–Kier alpha value is -1.36. The Morgan fingerprint density at radius 1 is 1.42 bits per heavy atom. The van der Waals surface area contributed by atoms with Gasteiger partial charge in [-0.25, -0.2) is 0 Å². The standard InChI is InChI=1S/C14H16F3NO/c1-9-7-10(14(15,16)17)4-5-12(9)13(19)8-11-3-2-6-18-11/h4-5,7,11,18H,2-3,6,8H2,1H3. The van der Waals surface area contributed by atoms with Gasteiger partial charge in [-0.1, -0.05) is 6.07 Å².